The monoisotopic (exact) mass is 358 g/mol. The van der Waals surface area contributed by atoms with Crippen molar-refractivity contribution in [3.63, 3.8) is 0 Å². The number of aromatic nitrogens is 2. The van der Waals surface area contributed by atoms with Gasteiger partial charge in [-0.05, 0) is 49.9 Å². The fraction of sp³-hybridized carbons (Fsp3) is 0.526. The minimum absolute atomic E-state index is 0.0435. The molecule has 1 saturated carbocycles. The second-order valence-corrected chi connectivity index (χ2v) is 6.78. The van der Waals surface area contributed by atoms with E-state index in [2.05, 4.69) is 15.5 Å². The van der Waals surface area contributed by atoms with Crippen molar-refractivity contribution in [1.82, 2.24) is 10.1 Å². The van der Waals surface area contributed by atoms with Gasteiger partial charge in [0.15, 0.2) is 6.61 Å². The number of benzene rings is 1. The summed E-state index contributed by atoms with van der Waals surface area (Å²) in [6, 6.07) is 7.23. The van der Waals surface area contributed by atoms with Crippen LogP contribution in [0.5, 0.6) is 5.75 Å². The molecule has 1 aromatic carbocycles. The van der Waals surface area contributed by atoms with E-state index in [-0.39, 0.29) is 12.5 Å². The van der Waals surface area contributed by atoms with Gasteiger partial charge in [-0.2, -0.15) is 4.98 Å². The van der Waals surface area contributed by atoms with Crippen LogP contribution in [0.15, 0.2) is 28.8 Å². The first-order chi connectivity index (χ1) is 12.6. The molecular formula is C19H26N4O3. The van der Waals surface area contributed by atoms with Gasteiger partial charge >= 0.3 is 0 Å². The summed E-state index contributed by atoms with van der Waals surface area (Å²) >= 11 is 0. The van der Waals surface area contributed by atoms with Crippen LogP contribution in [-0.2, 0) is 11.4 Å². The molecule has 3 rings (SSSR count). The zero-order valence-corrected chi connectivity index (χ0v) is 15.3. The topological polar surface area (TPSA) is 103 Å². The molecule has 1 heterocycles. The molecular weight excluding hydrogens is 332 g/mol. The van der Waals surface area contributed by atoms with Gasteiger partial charge in [0.25, 0.3) is 0 Å². The minimum atomic E-state index is -0.521. The number of anilines is 1. The summed E-state index contributed by atoms with van der Waals surface area (Å²) in [7, 11) is 0. The summed E-state index contributed by atoms with van der Waals surface area (Å²) in [6.07, 6.45) is 3.66. The van der Waals surface area contributed by atoms with Gasteiger partial charge < -0.3 is 20.3 Å². The van der Waals surface area contributed by atoms with Gasteiger partial charge in [0.05, 0.1) is 5.41 Å². The van der Waals surface area contributed by atoms with Crippen LogP contribution >= 0.6 is 0 Å². The maximum absolute atomic E-state index is 12.5. The Hall–Kier alpha value is -2.41. The molecule has 0 atom stereocenters. The predicted octanol–water partition coefficient (Wildman–Crippen LogP) is 3.23. The van der Waals surface area contributed by atoms with E-state index < -0.39 is 5.41 Å². The molecule has 26 heavy (non-hydrogen) atoms. The van der Waals surface area contributed by atoms with Crippen LogP contribution in [0.25, 0.3) is 0 Å². The van der Waals surface area contributed by atoms with Crippen molar-refractivity contribution in [3.05, 3.63) is 36.0 Å². The normalized spacial score (nSPS) is 14.3. The third-order valence-corrected chi connectivity index (χ3v) is 5.12. The smallest absolute Gasteiger partial charge is 0.231 e. The molecule has 2 aromatic rings. The molecule has 0 radical (unpaired) electrons. The summed E-state index contributed by atoms with van der Waals surface area (Å²) in [5.41, 5.74) is 6.03. The Kier molecular flexibility index (Phi) is 5.56. The lowest BCUT2D eigenvalue weighted by molar-refractivity contribution is -0.125. The summed E-state index contributed by atoms with van der Waals surface area (Å²) in [6.45, 7) is 4.56. The Labute approximate surface area is 153 Å². The molecule has 0 saturated heterocycles. The first-order valence-electron chi connectivity index (χ1n) is 9.17. The third kappa shape index (κ3) is 4.04. The molecule has 7 heteroatoms. The maximum Gasteiger partial charge on any atom is 0.231 e. The van der Waals surface area contributed by atoms with Crippen molar-refractivity contribution < 1.29 is 14.1 Å². The number of hydrogen-bond acceptors (Lipinski definition) is 6. The molecule has 1 aliphatic rings. The van der Waals surface area contributed by atoms with Crippen molar-refractivity contribution >= 4 is 11.6 Å². The first-order valence-corrected chi connectivity index (χ1v) is 9.17. The number of rotatable bonds is 9. The molecule has 1 fully saturated rings. The number of ether oxygens (including phenoxy) is 1. The molecule has 0 bridgehead atoms. The second kappa shape index (κ2) is 7.86. The number of nitrogens with two attached hydrogens (primary N) is 1. The molecule has 0 aliphatic heterocycles. The zero-order chi connectivity index (χ0) is 18.6. The first kappa shape index (κ1) is 18.4. The molecule has 140 valence electrons. The Morgan fingerprint density at radius 3 is 2.58 bits per heavy atom. The van der Waals surface area contributed by atoms with Gasteiger partial charge in [-0.1, -0.05) is 19.0 Å². The zero-order valence-electron chi connectivity index (χ0n) is 15.3. The summed E-state index contributed by atoms with van der Waals surface area (Å²) in [4.78, 5) is 16.9. The van der Waals surface area contributed by atoms with E-state index in [0.29, 0.717) is 42.8 Å². The lowest BCUT2D eigenvalue weighted by Crippen LogP contribution is -2.41. The fourth-order valence-corrected chi connectivity index (χ4v) is 2.82. The van der Waals surface area contributed by atoms with Gasteiger partial charge in [0.1, 0.15) is 5.75 Å². The van der Waals surface area contributed by atoms with Crippen molar-refractivity contribution in [3.8, 4) is 5.75 Å². The standard InChI is InChI=1S/C19H26N4O3/c1-3-19(4-2,12-20)18(24)21-14-7-9-15(10-8-14)25-11-16-22-17(26-23-16)13-5-6-13/h7-10,13H,3-6,11-12,20H2,1-2H3,(H,21,24). The highest BCUT2D eigenvalue weighted by atomic mass is 16.5. The highest BCUT2D eigenvalue weighted by Crippen LogP contribution is 2.38. The highest BCUT2D eigenvalue weighted by Gasteiger charge is 2.33. The Morgan fingerprint density at radius 1 is 1.31 bits per heavy atom. The Bertz CT molecular complexity index is 725. The number of hydrogen-bond donors (Lipinski definition) is 2. The number of carbonyl (C=O) groups is 1. The maximum atomic E-state index is 12.5. The second-order valence-electron chi connectivity index (χ2n) is 6.78. The number of nitrogens with zero attached hydrogens (tertiary/aromatic N) is 2. The average Bonchev–Trinajstić information content (AvgIpc) is 3.41. The van der Waals surface area contributed by atoms with Crippen LogP contribution in [0.3, 0.4) is 0 Å². The molecule has 0 spiro atoms. The summed E-state index contributed by atoms with van der Waals surface area (Å²) < 4.78 is 10.9. The van der Waals surface area contributed by atoms with Crippen molar-refractivity contribution in [2.24, 2.45) is 11.1 Å². The molecule has 1 amide bonds. The summed E-state index contributed by atoms with van der Waals surface area (Å²) in [5, 5.41) is 6.87. The number of nitrogens with one attached hydrogen (secondary N) is 1. The lowest BCUT2D eigenvalue weighted by Gasteiger charge is -2.28. The molecule has 3 N–H and O–H groups in total. The Balaban J connectivity index is 1.54. The number of amides is 1. The van der Waals surface area contributed by atoms with Crippen LogP contribution in [0.2, 0.25) is 0 Å². The van der Waals surface area contributed by atoms with E-state index in [1.54, 1.807) is 12.1 Å². The quantitative estimate of drug-likeness (QED) is 0.713. The van der Waals surface area contributed by atoms with E-state index in [1.165, 1.54) is 0 Å². The molecule has 1 aromatic heterocycles. The minimum Gasteiger partial charge on any atom is -0.485 e. The SMILES string of the molecule is CCC(CC)(CN)C(=O)Nc1ccc(OCc2noc(C3CC3)n2)cc1. The Morgan fingerprint density at radius 2 is 2.00 bits per heavy atom. The van der Waals surface area contributed by atoms with Crippen molar-refractivity contribution in [2.45, 2.75) is 52.1 Å². The molecule has 7 nitrogen and oxygen atoms in total. The molecule has 1 aliphatic carbocycles. The van der Waals surface area contributed by atoms with Gasteiger partial charge in [0.2, 0.25) is 17.6 Å². The van der Waals surface area contributed by atoms with Crippen LogP contribution in [0, 0.1) is 5.41 Å². The van der Waals surface area contributed by atoms with E-state index in [1.807, 2.05) is 26.0 Å². The largest absolute Gasteiger partial charge is 0.485 e. The van der Waals surface area contributed by atoms with Gasteiger partial charge in [-0.3, -0.25) is 4.79 Å². The highest BCUT2D eigenvalue weighted by molar-refractivity contribution is 5.95. The van der Waals surface area contributed by atoms with Crippen LogP contribution in [0.1, 0.15) is 57.2 Å². The van der Waals surface area contributed by atoms with Crippen molar-refractivity contribution in [1.29, 1.82) is 0 Å². The predicted molar refractivity (Wildman–Crippen MR) is 97.7 cm³/mol. The van der Waals surface area contributed by atoms with E-state index in [9.17, 15) is 4.79 Å². The van der Waals surface area contributed by atoms with Gasteiger partial charge in [0, 0.05) is 18.2 Å². The molecule has 0 unspecified atom stereocenters. The van der Waals surface area contributed by atoms with E-state index in [0.717, 1.165) is 18.5 Å². The van der Waals surface area contributed by atoms with Crippen LogP contribution < -0.4 is 15.8 Å². The van der Waals surface area contributed by atoms with Crippen molar-refractivity contribution in [2.75, 3.05) is 11.9 Å². The van der Waals surface area contributed by atoms with E-state index in [4.69, 9.17) is 15.0 Å². The van der Waals surface area contributed by atoms with E-state index >= 15 is 0 Å². The van der Waals surface area contributed by atoms with Crippen LogP contribution in [0.4, 0.5) is 5.69 Å². The van der Waals surface area contributed by atoms with Crippen LogP contribution in [-0.4, -0.2) is 22.6 Å². The number of carbonyl (C=O) groups excluding carboxylic acids is 1. The fourth-order valence-electron chi connectivity index (χ4n) is 2.82. The third-order valence-electron chi connectivity index (χ3n) is 5.12. The van der Waals surface area contributed by atoms with Gasteiger partial charge in [-0.25, -0.2) is 0 Å². The average molecular weight is 358 g/mol. The van der Waals surface area contributed by atoms with Gasteiger partial charge in [-0.15, -0.1) is 0 Å². The summed E-state index contributed by atoms with van der Waals surface area (Å²) in [5.74, 6) is 2.32. The lowest BCUT2D eigenvalue weighted by atomic mass is 9.81.